The summed E-state index contributed by atoms with van der Waals surface area (Å²) >= 11 is 0. The molecule has 13 heavy (non-hydrogen) atoms. The highest BCUT2D eigenvalue weighted by molar-refractivity contribution is 5.59. The van der Waals surface area contributed by atoms with Crippen LogP contribution in [0.15, 0.2) is 30.3 Å². The number of allylic oxidation sites excluding steroid dienone is 1. The molecule has 0 fully saturated rings. The van der Waals surface area contributed by atoms with Gasteiger partial charge < -0.3 is 4.74 Å². The molecule has 0 unspecified atom stereocenters. The van der Waals surface area contributed by atoms with E-state index in [4.69, 9.17) is 4.74 Å². The summed E-state index contributed by atoms with van der Waals surface area (Å²) in [6, 6.07) is 6.27. The lowest BCUT2D eigenvalue weighted by atomic mass is 10.2. The van der Waals surface area contributed by atoms with Crippen LogP contribution in [0.1, 0.15) is 19.4 Å². The van der Waals surface area contributed by atoms with Gasteiger partial charge in [0.25, 0.3) is 0 Å². The van der Waals surface area contributed by atoms with Gasteiger partial charge in [0.2, 0.25) is 0 Å². The third kappa shape index (κ3) is 2.58. The first-order chi connectivity index (χ1) is 6.27. The standard InChI is InChI=1S/C11H13FO/c1-3-11(13-4-2)9-5-7-10(12)8-6-9/h3,5-8H,4H2,1-2H3/b11-3-. The van der Waals surface area contributed by atoms with Gasteiger partial charge in [0.15, 0.2) is 0 Å². The second-order valence-electron chi connectivity index (χ2n) is 2.59. The zero-order valence-electron chi connectivity index (χ0n) is 7.88. The molecule has 0 bridgehead atoms. The molecule has 1 nitrogen and oxygen atoms in total. The molecule has 0 aliphatic heterocycles. The van der Waals surface area contributed by atoms with Crippen LogP contribution in [0, 0.1) is 5.82 Å². The van der Waals surface area contributed by atoms with Crippen molar-refractivity contribution in [2.24, 2.45) is 0 Å². The smallest absolute Gasteiger partial charge is 0.123 e. The molecule has 0 spiro atoms. The predicted octanol–water partition coefficient (Wildman–Crippen LogP) is 3.22. The summed E-state index contributed by atoms with van der Waals surface area (Å²) in [5.74, 6) is 0.568. The molecular weight excluding hydrogens is 167 g/mol. The van der Waals surface area contributed by atoms with E-state index in [1.165, 1.54) is 12.1 Å². The van der Waals surface area contributed by atoms with Crippen LogP contribution in [0.4, 0.5) is 4.39 Å². The van der Waals surface area contributed by atoms with Gasteiger partial charge >= 0.3 is 0 Å². The van der Waals surface area contributed by atoms with Crippen molar-refractivity contribution in [2.75, 3.05) is 6.61 Å². The van der Waals surface area contributed by atoms with Gasteiger partial charge in [0.05, 0.1) is 6.61 Å². The van der Waals surface area contributed by atoms with Crippen molar-refractivity contribution in [1.82, 2.24) is 0 Å². The van der Waals surface area contributed by atoms with E-state index in [1.807, 2.05) is 19.9 Å². The Labute approximate surface area is 77.8 Å². The molecule has 1 aromatic rings. The van der Waals surface area contributed by atoms with E-state index in [2.05, 4.69) is 0 Å². The Morgan fingerprint density at radius 2 is 2.00 bits per heavy atom. The number of rotatable bonds is 3. The summed E-state index contributed by atoms with van der Waals surface area (Å²) in [5, 5.41) is 0. The highest BCUT2D eigenvalue weighted by Gasteiger charge is 1.99. The SMILES string of the molecule is C/C=C(\OCC)c1ccc(F)cc1. The molecule has 0 N–H and O–H groups in total. The maximum atomic E-state index is 12.6. The van der Waals surface area contributed by atoms with Crippen molar-refractivity contribution < 1.29 is 9.13 Å². The van der Waals surface area contributed by atoms with Crippen LogP contribution in [-0.2, 0) is 4.74 Å². The zero-order valence-corrected chi connectivity index (χ0v) is 7.88. The molecule has 0 aliphatic rings. The van der Waals surface area contributed by atoms with Crippen LogP contribution in [0.3, 0.4) is 0 Å². The van der Waals surface area contributed by atoms with Gasteiger partial charge in [0, 0.05) is 5.56 Å². The fourth-order valence-electron chi connectivity index (χ4n) is 1.10. The second kappa shape index (κ2) is 4.65. The number of halogens is 1. The van der Waals surface area contributed by atoms with Gasteiger partial charge in [0.1, 0.15) is 11.6 Å². The number of ether oxygens (including phenoxy) is 1. The van der Waals surface area contributed by atoms with Crippen LogP contribution in [0.5, 0.6) is 0 Å². The molecule has 0 aromatic heterocycles. The van der Waals surface area contributed by atoms with Crippen molar-refractivity contribution in [2.45, 2.75) is 13.8 Å². The average Bonchev–Trinajstić information content (AvgIpc) is 2.16. The Kier molecular flexibility index (Phi) is 3.50. The predicted molar refractivity (Wildman–Crippen MR) is 51.7 cm³/mol. The van der Waals surface area contributed by atoms with Crippen molar-refractivity contribution in [3.05, 3.63) is 41.7 Å². The van der Waals surface area contributed by atoms with E-state index in [1.54, 1.807) is 12.1 Å². The topological polar surface area (TPSA) is 9.23 Å². The molecule has 0 atom stereocenters. The quantitative estimate of drug-likeness (QED) is 0.649. The molecule has 0 saturated carbocycles. The molecule has 0 saturated heterocycles. The maximum Gasteiger partial charge on any atom is 0.123 e. The molecule has 70 valence electrons. The van der Waals surface area contributed by atoms with Crippen LogP contribution in [0.25, 0.3) is 5.76 Å². The number of hydrogen-bond donors (Lipinski definition) is 0. The lowest BCUT2D eigenvalue weighted by molar-refractivity contribution is 0.297. The first-order valence-corrected chi connectivity index (χ1v) is 4.33. The molecule has 0 aliphatic carbocycles. The molecule has 2 heteroatoms. The Bertz CT molecular complexity index is 287. The Morgan fingerprint density at radius 3 is 2.46 bits per heavy atom. The van der Waals surface area contributed by atoms with E-state index in [9.17, 15) is 4.39 Å². The monoisotopic (exact) mass is 180 g/mol. The minimum Gasteiger partial charge on any atom is -0.494 e. The Balaban J connectivity index is 2.87. The van der Waals surface area contributed by atoms with Crippen LogP contribution in [0.2, 0.25) is 0 Å². The van der Waals surface area contributed by atoms with Crippen molar-refractivity contribution in [3.63, 3.8) is 0 Å². The van der Waals surface area contributed by atoms with Crippen molar-refractivity contribution in [3.8, 4) is 0 Å². The third-order valence-electron chi connectivity index (χ3n) is 1.69. The molecule has 1 rings (SSSR count). The van der Waals surface area contributed by atoms with Crippen molar-refractivity contribution >= 4 is 5.76 Å². The number of benzene rings is 1. The lowest BCUT2D eigenvalue weighted by Gasteiger charge is -2.07. The fourth-order valence-corrected chi connectivity index (χ4v) is 1.10. The minimum atomic E-state index is -0.226. The van der Waals surface area contributed by atoms with E-state index < -0.39 is 0 Å². The summed E-state index contributed by atoms with van der Waals surface area (Å²) in [5.41, 5.74) is 0.908. The van der Waals surface area contributed by atoms with E-state index in [0.29, 0.717) is 6.61 Å². The van der Waals surface area contributed by atoms with Gasteiger partial charge in [-0.2, -0.15) is 0 Å². The summed E-state index contributed by atoms with van der Waals surface area (Å²) in [7, 11) is 0. The Morgan fingerprint density at radius 1 is 1.38 bits per heavy atom. The first kappa shape index (κ1) is 9.78. The first-order valence-electron chi connectivity index (χ1n) is 4.33. The molecule has 0 amide bonds. The highest BCUT2D eigenvalue weighted by Crippen LogP contribution is 2.15. The van der Waals surface area contributed by atoms with Gasteiger partial charge in [-0.3, -0.25) is 0 Å². The fraction of sp³-hybridized carbons (Fsp3) is 0.273. The minimum absolute atomic E-state index is 0.226. The molecule has 0 radical (unpaired) electrons. The molecular formula is C11H13FO. The summed E-state index contributed by atoms with van der Waals surface area (Å²) in [4.78, 5) is 0. The van der Waals surface area contributed by atoms with Crippen LogP contribution in [-0.4, -0.2) is 6.61 Å². The normalized spacial score (nSPS) is 11.5. The van der Waals surface area contributed by atoms with Crippen LogP contribution < -0.4 is 0 Å². The summed E-state index contributed by atoms with van der Waals surface area (Å²) in [6.45, 7) is 4.44. The lowest BCUT2D eigenvalue weighted by Crippen LogP contribution is -1.91. The summed E-state index contributed by atoms with van der Waals surface area (Å²) < 4.78 is 17.9. The molecule has 1 aromatic carbocycles. The maximum absolute atomic E-state index is 12.6. The summed E-state index contributed by atoms with van der Waals surface area (Å²) in [6.07, 6.45) is 1.87. The highest BCUT2D eigenvalue weighted by atomic mass is 19.1. The van der Waals surface area contributed by atoms with E-state index >= 15 is 0 Å². The number of hydrogen-bond acceptors (Lipinski definition) is 1. The second-order valence-corrected chi connectivity index (χ2v) is 2.59. The Hall–Kier alpha value is -1.31. The third-order valence-corrected chi connectivity index (χ3v) is 1.69. The van der Waals surface area contributed by atoms with Gasteiger partial charge in [-0.15, -0.1) is 0 Å². The molecule has 0 heterocycles. The van der Waals surface area contributed by atoms with E-state index in [-0.39, 0.29) is 5.82 Å². The van der Waals surface area contributed by atoms with Crippen LogP contribution >= 0.6 is 0 Å². The van der Waals surface area contributed by atoms with E-state index in [0.717, 1.165) is 11.3 Å². The zero-order chi connectivity index (χ0) is 9.68. The van der Waals surface area contributed by atoms with Gasteiger partial charge in [-0.05, 0) is 44.2 Å². The van der Waals surface area contributed by atoms with Gasteiger partial charge in [-0.25, -0.2) is 4.39 Å². The van der Waals surface area contributed by atoms with Crippen molar-refractivity contribution in [1.29, 1.82) is 0 Å². The average molecular weight is 180 g/mol. The van der Waals surface area contributed by atoms with Gasteiger partial charge in [-0.1, -0.05) is 0 Å². The largest absolute Gasteiger partial charge is 0.494 e.